The summed E-state index contributed by atoms with van der Waals surface area (Å²) in [7, 11) is 1.65. The Labute approximate surface area is 169 Å². The number of aryl methyl sites for hydroxylation is 1. The number of hydrogen-bond acceptors (Lipinski definition) is 4. The third-order valence-electron chi connectivity index (χ3n) is 4.52. The van der Waals surface area contributed by atoms with Crippen molar-refractivity contribution in [1.82, 2.24) is 15.6 Å². The molecule has 2 aromatic rings. The van der Waals surface area contributed by atoms with E-state index < -0.39 is 6.61 Å². The van der Waals surface area contributed by atoms with Crippen LogP contribution in [0.3, 0.4) is 0 Å². The fourth-order valence-electron chi connectivity index (χ4n) is 2.77. The van der Waals surface area contributed by atoms with E-state index in [0.29, 0.717) is 43.0 Å². The van der Waals surface area contributed by atoms with Gasteiger partial charge in [-0.3, -0.25) is 4.99 Å². The van der Waals surface area contributed by atoms with E-state index in [1.807, 2.05) is 25.1 Å². The quantitative estimate of drug-likeness (QED) is 0.493. The summed E-state index contributed by atoms with van der Waals surface area (Å²) in [6.07, 6.45) is 4.18. The van der Waals surface area contributed by atoms with Crippen LogP contribution in [0, 0.1) is 12.8 Å². The first-order valence-corrected chi connectivity index (χ1v) is 9.60. The summed E-state index contributed by atoms with van der Waals surface area (Å²) in [5, 5.41) is 6.33. The van der Waals surface area contributed by atoms with Crippen molar-refractivity contribution in [3.05, 3.63) is 53.2 Å². The molecule has 1 aromatic heterocycles. The lowest BCUT2D eigenvalue weighted by Crippen LogP contribution is -2.36. The van der Waals surface area contributed by atoms with Crippen LogP contribution in [0.4, 0.5) is 8.78 Å². The van der Waals surface area contributed by atoms with E-state index in [0.717, 1.165) is 11.1 Å². The van der Waals surface area contributed by atoms with Crippen LogP contribution in [0.1, 0.15) is 29.5 Å². The van der Waals surface area contributed by atoms with Crippen LogP contribution in [0.25, 0.3) is 0 Å². The molecule has 0 bridgehead atoms. The number of halogens is 2. The molecule has 0 atom stereocenters. The van der Waals surface area contributed by atoms with Crippen molar-refractivity contribution in [2.45, 2.75) is 39.5 Å². The fraction of sp³-hybridized carbons (Fsp3) is 0.429. The molecular weight excluding hydrogens is 378 g/mol. The molecule has 0 amide bonds. The highest BCUT2D eigenvalue weighted by atomic mass is 19.3. The summed E-state index contributed by atoms with van der Waals surface area (Å²) in [6, 6.07) is 8.90. The van der Waals surface area contributed by atoms with E-state index in [1.165, 1.54) is 12.8 Å². The molecule has 156 valence electrons. The second-order valence-electron chi connectivity index (χ2n) is 7.03. The van der Waals surface area contributed by atoms with Gasteiger partial charge in [-0.15, -0.1) is 0 Å². The molecule has 8 heteroatoms. The van der Waals surface area contributed by atoms with E-state index in [1.54, 1.807) is 25.4 Å². The van der Waals surface area contributed by atoms with Crippen LogP contribution in [-0.2, 0) is 13.1 Å². The predicted molar refractivity (Wildman–Crippen MR) is 107 cm³/mol. The van der Waals surface area contributed by atoms with Crippen LogP contribution >= 0.6 is 0 Å². The number of guanidine groups is 1. The number of nitrogens with zero attached hydrogens (tertiary/aromatic N) is 2. The van der Waals surface area contributed by atoms with Gasteiger partial charge in [-0.1, -0.05) is 17.7 Å². The number of aliphatic imine (C=N–C) groups is 1. The maximum Gasteiger partial charge on any atom is 0.387 e. The Kier molecular flexibility index (Phi) is 7.21. The number of rotatable bonds is 9. The zero-order chi connectivity index (χ0) is 20.6. The zero-order valence-corrected chi connectivity index (χ0v) is 16.6. The molecule has 1 aliphatic carbocycles. The Hall–Kier alpha value is -2.90. The van der Waals surface area contributed by atoms with Gasteiger partial charge in [0.15, 0.2) is 5.96 Å². The van der Waals surface area contributed by atoms with Crippen molar-refractivity contribution < 1.29 is 18.3 Å². The normalized spacial score (nSPS) is 14.0. The van der Waals surface area contributed by atoms with Crippen LogP contribution < -0.4 is 20.1 Å². The predicted octanol–water partition coefficient (Wildman–Crippen LogP) is 3.65. The maximum absolute atomic E-state index is 12.6. The average molecular weight is 404 g/mol. The number of aromatic nitrogens is 1. The number of hydrogen-bond donors (Lipinski definition) is 2. The van der Waals surface area contributed by atoms with Gasteiger partial charge >= 0.3 is 6.61 Å². The maximum atomic E-state index is 12.6. The molecule has 3 rings (SSSR count). The van der Waals surface area contributed by atoms with Crippen molar-refractivity contribution in [3.63, 3.8) is 0 Å². The number of pyridine rings is 1. The molecule has 1 heterocycles. The summed E-state index contributed by atoms with van der Waals surface area (Å²) < 4.78 is 35.5. The van der Waals surface area contributed by atoms with Crippen molar-refractivity contribution in [3.8, 4) is 11.6 Å². The molecule has 1 saturated carbocycles. The summed E-state index contributed by atoms with van der Waals surface area (Å²) in [6.45, 7) is 0.574. The van der Waals surface area contributed by atoms with Gasteiger partial charge in [0, 0.05) is 38.0 Å². The molecule has 2 N–H and O–H groups in total. The third kappa shape index (κ3) is 6.89. The molecule has 1 fully saturated rings. The van der Waals surface area contributed by atoms with Gasteiger partial charge in [-0.2, -0.15) is 8.78 Å². The number of alkyl halides is 2. The minimum Gasteiger partial charge on any atom is -0.477 e. The van der Waals surface area contributed by atoms with Gasteiger partial charge in [0.1, 0.15) is 5.75 Å². The summed E-state index contributed by atoms with van der Waals surface area (Å²) in [5.74, 6) is 1.99. The first-order valence-electron chi connectivity index (χ1n) is 9.60. The molecule has 29 heavy (non-hydrogen) atoms. The highest BCUT2D eigenvalue weighted by Gasteiger charge is 2.22. The average Bonchev–Trinajstić information content (AvgIpc) is 3.53. The Morgan fingerprint density at radius 2 is 2.00 bits per heavy atom. The van der Waals surface area contributed by atoms with Crippen LogP contribution in [0.15, 0.2) is 41.5 Å². The molecular formula is C21H26F2N4O2. The van der Waals surface area contributed by atoms with Crippen LogP contribution in [0.5, 0.6) is 11.6 Å². The Morgan fingerprint density at radius 1 is 1.21 bits per heavy atom. The van der Waals surface area contributed by atoms with Gasteiger partial charge in [0.05, 0.1) is 6.61 Å². The Balaban J connectivity index is 1.53. The molecule has 0 spiro atoms. The second-order valence-corrected chi connectivity index (χ2v) is 7.03. The Bertz CT molecular complexity index is 841. The molecule has 1 aromatic carbocycles. The number of nitrogens with one attached hydrogen (secondary N) is 2. The van der Waals surface area contributed by atoms with E-state index >= 15 is 0 Å². The van der Waals surface area contributed by atoms with Crippen molar-refractivity contribution in [2.24, 2.45) is 10.9 Å². The van der Waals surface area contributed by atoms with Crippen LogP contribution in [0.2, 0.25) is 0 Å². The summed E-state index contributed by atoms with van der Waals surface area (Å²) in [5.41, 5.74) is 2.60. The minimum absolute atomic E-state index is 0.153. The van der Waals surface area contributed by atoms with Gasteiger partial charge in [-0.05, 0) is 43.4 Å². The fourth-order valence-corrected chi connectivity index (χ4v) is 2.77. The molecule has 1 aliphatic rings. The lowest BCUT2D eigenvalue weighted by Gasteiger charge is -2.15. The largest absolute Gasteiger partial charge is 0.477 e. The second kappa shape index (κ2) is 10.0. The van der Waals surface area contributed by atoms with Crippen molar-refractivity contribution in [1.29, 1.82) is 0 Å². The zero-order valence-electron chi connectivity index (χ0n) is 16.6. The lowest BCUT2D eigenvalue weighted by atomic mass is 10.1. The summed E-state index contributed by atoms with van der Waals surface area (Å²) >= 11 is 0. The van der Waals surface area contributed by atoms with Gasteiger partial charge in [-0.25, -0.2) is 4.98 Å². The third-order valence-corrected chi connectivity index (χ3v) is 4.52. The molecule has 0 aliphatic heterocycles. The van der Waals surface area contributed by atoms with Gasteiger partial charge in [0.2, 0.25) is 5.88 Å². The van der Waals surface area contributed by atoms with Crippen molar-refractivity contribution >= 4 is 5.96 Å². The topological polar surface area (TPSA) is 67.8 Å². The molecule has 6 nitrogen and oxygen atoms in total. The van der Waals surface area contributed by atoms with Gasteiger partial charge in [0.25, 0.3) is 0 Å². The van der Waals surface area contributed by atoms with Gasteiger partial charge < -0.3 is 20.1 Å². The van der Waals surface area contributed by atoms with E-state index in [-0.39, 0.29) is 5.75 Å². The van der Waals surface area contributed by atoms with E-state index in [9.17, 15) is 8.78 Å². The van der Waals surface area contributed by atoms with Crippen molar-refractivity contribution in [2.75, 3.05) is 13.7 Å². The number of ether oxygens (including phenoxy) is 2. The smallest absolute Gasteiger partial charge is 0.387 e. The molecule has 0 radical (unpaired) electrons. The first-order chi connectivity index (χ1) is 14.0. The standard InChI is InChI=1S/C21H26F2N4O2/c1-14-3-6-18(29-20(22)23)17(9-14)12-27-21(24-2)26-11-16-7-8-25-19(10-16)28-13-15-4-5-15/h3,6-10,15,20H,4-5,11-13H2,1-2H3,(H2,24,26,27). The highest BCUT2D eigenvalue weighted by molar-refractivity contribution is 5.79. The Morgan fingerprint density at radius 3 is 2.72 bits per heavy atom. The SMILES string of the molecule is CN=C(NCc1ccnc(OCC2CC2)c1)NCc1cc(C)ccc1OC(F)F. The highest BCUT2D eigenvalue weighted by Crippen LogP contribution is 2.29. The number of benzene rings is 1. The van der Waals surface area contributed by atoms with E-state index in [4.69, 9.17) is 4.74 Å². The molecule has 0 saturated heterocycles. The van der Waals surface area contributed by atoms with Crippen LogP contribution in [-0.4, -0.2) is 31.2 Å². The first kappa shape index (κ1) is 20.8. The van der Waals surface area contributed by atoms with E-state index in [2.05, 4.69) is 25.3 Å². The molecule has 0 unspecified atom stereocenters. The summed E-state index contributed by atoms with van der Waals surface area (Å²) in [4.78, 5) is 8.41. The monoisotopic (exact) mass is 404 g/mol. The minimum atomic E-state index is -2.86. The lowest BCUT2D eigenvalue weighted by molar-refractivity contribution is -0.0504.